The summed E-state index contributed by atoms with van der Waals surface area (Å²) < 4.78 is 0. The summed E-state index contributed by atoms with van der Waals surface area (Å²) in [6.45, 7) is 3.62. The van der Waals surface area contributed by atoms with Crippen molar-refractivity contribution in [2.24, 2.45) is 0 Å². The fourth-order valence-electron chi connectivity index (χ4n) is 1.57. The molecule has 88 valence electrons. The van der Waals surface area contributed by atoms with Crippen LogP contribution >= 0.6 is 0 Å². The molecule has 2 N–H and O–H groups in total. The van der Waals surface area contributed by atoms with Gasteiger partial charge in [-0.1, -0.05) is 30.3 Å². The first-order valence-electron chi connectivity index (χ1n) is 5.06. The molecule has 0 radical (unpaired) electrons. The van der Waals surface area contributed by atoms with E-state index in [1.54, 1.807) is 0 Å². The highest BCUT2D eigenvalue weighted by molar-refractivity contribution is 5.29. The standard InChI is InChI=1S/C12H16O4/c1-2-5-10-6-3-4-7-11(10)8-12(16-14)9-15-13/h2-4,6-7,12-14H,1,5,8-9H2. The number of benzene rings is 1. The molecule has 1 atom stereocenters. The zero-order valence-electron chi connectivity index (χ0n) is 9.00. The third kappa shape index (κ3) is 3.75. The molecule has 4 heteroatoms. The minimum atomic E-state index is -0.573. The van der Waals surface area contributed by atoms with Crippen molar-refractivity contribution in [2.75, 3.05) is 6.61 Å². The zero-order valence-corrected chi connectivity index (χ0v) is 9.00. The molecule has 1 aromatic rings. The third-order valence-electron chi connectivity index (χ3n) is 2.34. The maximum absolute atomic E-state index is 8.63. The Labute approximate surface area is 94.6 Å². The SMILES string of the molecule is C=CCc1ccccc1CC(COO)OO. The van der Waals surface area contributed by atoms with Gasteiger partial charge in [0.15, 0.2) is 0 Å². The molecule has 1 aromatic carbocycles. The zero-order chi connectivity index (χ0) is 11.8. The van der Waals surface area contributed by atoms with Crippen LogP contribution in [0.1, 0.15) is 11.1 Å². The Kier molecular flexibility index (Phi) is 5.74. The summed E-state index contributed by atoms with van der Waals surface area (Å²) in [6, 6.07) is 7.79. The quantitative estimate of drug-likeness (QED) is 0.424. The van der Waals surface area contributed by atoms with Gasteiger partial charge in [-0.2, -0.15) is 0 Å². The van der Waals surface area contributed by atoms with E-state index in [9.17, 15) is 0 Å². The van der Waals surface area contributed by atoms with E-state index in [2.05, 4.69) is 16.4 Å². The van der Waals surface area contributed by atoms with Gasteiger partial charge in [0.2, 0.25) is 0 Å². The van der Waals surface area contributed by atoms with Crippen molar-refractivity contribution in [3.8, 4) is 0 Å². The van der Waals surface area contributed by atoms with E-state index in [-0.39, 0.29) is 6.61 Å². The maximum Gasteiger partial charge on any atom is 0.123 e. The molecule has 16 heavy (non-hydrogen) atoms. The third-order valence-corrected chi connectivity index (χ3v) is 2.34. The van der Waals surface area contributed by atoms with Crippen LogP contribution in [0.2, 0.25) is 0 Å². The fraction of sp³-hybridized carbons (Fsp3) is 0.333. The molecule has 0 heterocycles. The Hall–Kier alpha value is -1.20. The lowest BCUT2D eigenvalue weighted by molar-refractivity contribution is -0.325. The second kappa shape index (κ2) is 7.14. The molecule has 0 aliphatic heterocycles. The summed E-state index contributed by atoms with van der Waals surface area (Å²) in [5.41, 5.74) is 2.16. The van der Waals surface area contributed by atoms with E-state index in [4.69, 9.17) is 10.5 Å². The van der Waals surface area contributed by atoms with Gasteiger partial charge in [0, 0.05) is 6.42 Å². The predicted molar refractivity (Wildman–Crippen MR) is 60.1 cm³/mol. The van der Waals surface area contributed by atoms with Gasteiger partial charge < -0.3 is 0 Å². The summed E-state index contributed by atoms with van der Waals surface area (Å²) in [5.74, 6) is 0. The molecule has 0 spiro atoms. The molecule has 0 saturated carbocycles. The average Bonchev–Trinajstić information content (AvgIpc) is 2.31. The summed E-state index contributed by atoms with van der Waals surface area (Å²) in [5, 5.41) is 16.9. The first-order chi connectivity index (χ1) is 7.81. The largest absolute Gasteiger partial charge is 0.252 e. The van der Waals surface area contributed by atoms with E-state index in [0.717, 1.165) is 17.5 Å². The number of rotatable bonds is 7. The summed E-state index contributed by atoms with van der Waals surface area (Å²) in [6.07, 6.45) is 2.47. The van der Waals surface area contributed by atoms with E-state index < -0.39 is 6.10 Å². The maximum atomic E-state index is 8.63. The lowest BCUT2D eigenvalue weighted by Gasteiger charge is -2.13. The lowest BCUT2D eigenvalue weighted by atomic mass is 9.99. The highest BCUT2D eigenvalue weighted by Gasteiger charge is 2.12. The molecular weight excluding hydrogens is 208 g/mol. The molecular formula is C12H16O4. The second-order valence-corrected chi connectivity index (χ2v) is 3.49. The van der Waals surface area contributed by atoms with Crippen LogP contribution in [0.15, 0.2) is 36.9 Å². The van der Waals surface area contributed by atoms with Crippen molar-refractivity contribution >= 4 is 0 Å². The average molecular weight is 224 g/mol. The monoisotopic (exact) mass is 224 g/mol. The molecule has 0 amide bonds. The van der Waals surface area contributed by atoms with Crippen LogP contribution in [0.25, 0.3) is 0 Å². The van der Waals surface area contributed by atoms with Crippen molar-refractivity contribution in [3.63, 3.8) is 0 Å². The molecule has 1 rings (SSSR count). The fourth-order valence-corrected chi connectivity index (χ4v) is 1.57. The number of hydrogen-bond acceptors (Lipinski definition) is 4. The number of allylic oxidation sites excluding steroid dienone is 1. The summed E-state index contributed by atoms with van der Waals surface area (Å²) in [7, 11) is 0. The second-order valence-electron chi connectivity index (χ2n) is 3.49. The lowest BCUT2D eigenvalue weighted by Crippen LogP contribution is -2.21. The Bertz CT molecular complexity index is 325. The minimum absolute atomic E-state index is 0.0705. The molecule has 0 fully saturated rings. The van der Waals surface area contributed by atoms with Crippen molar-refractivity contribution < 1.29 is 20.3 Å². The smallest absolute Gasteiger partial charge is 0.123 e. The van der Waals surface area contributed by atoms with E-state index in [1.165, 1.54) is 0 Å². The summed E-state index contributed by atoms with van der Waals surface area (Å²) in [4.78, 5) is 8.18. The molecule has 0 aliphatic carbocycles. The van der Waals surface area contributed by atoms with Crippen LogP contribution in [0.3, 0.4) is 0 Å². The van der Waals surface area contributed by atoms with Crippen molar-refractivity contribution in [2.45, 2.75) is 18.9 Å². The van der Waals surface area contributed by atoms with Crippen LogP contribution in [0.4, 0.5) is 0 Å². The van der Waals surface area contributed by atoms with Crippen LogP contribution in [-0.4, -0.2) is 23.2 Å². The minimum Gasteiger partial charge on any atom is -0.252 e. The Balaban J connectivity index is 2.73. The first kappa shape index (κ1) is 12.9. The highest BCUT2D eigenvalue weighted by atomic mass is 17.1. The van der Waals surface area contributed by atoms with Gasteiger partial charge in [0.25, 0.3) is 0 Å². The van der Waals surface area contributed by atoms with Gasteiger partial charge in [-0.15, -0.1) is 6.58 Å². The first-order valence-corrected chi connectivity index (χ1v) is 5.06. The molecule has 1 unspecified atom stereocenters. The summed E-state index contributed by atoms with van der Waals surface area (Å²) >= 11 is 0. The molecule has 0 saturated heterocycles. The van der Waals surface area contributed by atoms with Gasteiger partial charge >= 0.3 is 0 Å². The van der Waals surface area contributed by atoms with E-state index in [1.807, 2.05) is 30.3 Å². The van der Waals surface area contributed by atoms with E-state index in [0.29, 0.717) is 6.42 Å². The van der Waals surface area contributed by atoms with Crippen LogP contribution < -0.4 is 0 Å². The predicted octanol–water partition coefficient (Wildman–Crippen LogP) is 2.31. The topological polar surface area (TPSA) is 58.9 Å². The Morgan fingerprint density at radius 1 is 1.25 bits per heavy atom. The van der Waals surface area contributed by atoms with Gasteiger partial charge in [-0.3, -0.25) is 10.5 Å². The molecule has 0 bridgehead atoms. The van der Waals surface area contributed by atoms with Gasteiger partial charge in [-0.25, -0.2) is 9.78 Å². The van der Waals surface area contributed by atoms with Crippen molar-refractivity contribution in [1.29, 1.82) is 0 Å². The van der Waals surface area contributed by atoms with Crippen LogP contribution in [-0.2, 0) is 22.6 Å². The Morgan fingerprint density at radius 2 is 1.94 bits per heavy atom. The van der Waals surface area contributed by atoms with Crippen molar-refractivity contribution in [3.05, 3.63) is 48.0 Å². The van der Waals surface area contributed by atoms with Gasteiger partial charge in [0.05, 0.1) is 0 Å². The molecule has 0 aliphatic rings. The van der Waals surface area contributed by atoms with E-state index >= 15 is 0 Å². The Morgan fingerprint density at radius 3 is 2.50 bits per heavy atom. The number of hydrogen-bond donors (Lipinski definition) is 2. The van der Waals surface area contributed by atoms with Crippen molar-refractivity contribution in [1.82, 2.24) is 0 Å². The molecule has 0 aromatic heterocycles. The van der Waals surface area contributed by atoms with Crippen LogP contribution in [0, 0.1) is 0 Å². The highest BCUT2D eigenvalue weighted by Crippen LogP contribution is 2.13. The van der Waals surface area contributed by atoms with Gasteiger partial charge in [0.1, 0.15) is 12.7 Å². The van der Waals surface area contributed by atoms with Gasteiger partial charge in [-0.05, 0) is 17.5 Å². The molecule has 4 nitrogen and oxygen atoms in total. The normalized spacial score (nSPS) is 12.4. The van der Waals surface area contributed by atoms with Crippen LogP contribution in [0.5, 0.6) is 0 Å².